The van der Waals surface area contributed by atoms with Gasteiger partial charge in [0, 0.05) is 12.6 Å². The fourth-order valence-corrected chi connectivity index (χ4v) is 2.06. The maximum Gasteiger partial charge on any atom is 0.205 e. The van der Waals surface area contributed by atoms with Crippen molar-refractivity contribution in [2.75, 3.05) is 13.2 Å². The van der Waals surface area contributed by atoms with E-state index in [2.05, 4.69) is 10.3 Å². The first kappa shape index (κ1) is 16.7. The average molecular weight is 315 g/mol. The summed E-state index contributed by atoms with van der Waals surface area (Å²) in [7, 11) is 1.68. The molecule has 0 aliphatic carbocycles. The van der Waals surface area contributed by atoms with Crippen molar-refractivity contribution < 1.29 is 14.3 Å². The van der Waals surface area contributed by atoms with Crippen LogP contribution in [0, 0.1) is 0 Å². The van der Waals surface area contributed by atoms with Crippen molar-refractivity contribution in [3.63, 3.8) is 0 Å². The van der Waals surface area contributed by atoms with Crippen LogP contribution in [0.15, 0.2) is 30.5 Å². The third-order valence-corrected chi connectivity index (χ3v) is 3.14. The topological polar surface area (TPSA) is 66.2 Å². The number of rotatable bonds is 8. The first-order valence-corrected chi connectivity index (χ1v) is 7.63. The molecular formula is C17H21N3O3. The summed E-state index contributed by atoms with van der Waals surface area (Å²) >= 11 is 0. The van der Waals surface area contributed by atoms with Crippen LogP contribution in [0.2, 0.25) is 0 Å². The van der Waals surface area contributed by atoms with Crippen LogP contribution in [0.25, 0.3) is 6.08 Å². The van der Waals surface area contributed by atoms with E-state index >= 15 is 0 Å². The molecule has 2 aromatic rings. The number of benzene rings is 1. The van der Waals surface area contributed by atoms with E-state index in [1.165, 1.54) is 17.0 Å². The zero-order valence-electron chi connectivity index (χ0n) is 13.7. The van der Waals surface area contributed by atoms with Crippen molar-refractivity contribution in [3.05, 3.63) is 41.7 Å². The summed E-state index contributed by atoms with van der Waals surface area (Å²) in [6, 6.07) is 5.62. The SMILES string of the molecule is CCCOc1c(C=CC(=O)c2cnnn2C)cccc1OCC. The lowest BCUT2D eigenvalue weighted by Crippen LogP contribution is -2.04. The Labute approximate surface area is 135 Å². The number of ketones is 1. The van der Waals surface area contributed by atoms with Gasteiger partial charge >= 0.3 is 0 Å². The maximum absolute atomic E-state index is 12.2. The van der Waals surface area contributed by atoms with E-state index in [0.717, 1.165) is 12.0 Å². The third kappa shape index (κ3) is 4.18. The monoisotopic (exact) mass is 315 g/mol. The molecule has 0 saturated carbocycles. The van der Waals surface area contributed by atoms with Gasteiger partial charge in [-0.2, -0.15) is 0 Å². The number of para-hydroxylation sites is 1. The molecule has 6 nitrogen and oxygen atoms in total. The van der Waals surface area contributed by atoms with E-state index < -0.39 is 0 Å². The Kier molecular flexibility index (Phi) is 5.91. The highest BCUT2D eigenvalue weighted by atomic mass is 16.5. The highest BCUT2D eigenvalue weighted by Gasteiger charge is 2.11. The summed E-state index contributed by atoms with van der Waals surface area (Å²) in [6.45, 7) is 5.10. The Bertz CT molecular complexity index is 692. The molecule has 0 unspecified atom stereocenters. The van der Waals surface area contributed by atoms with Gasteiger partial charge in [0.15, 0.2) is 11.5 Å². The largest absolute Gasteiger partial charge is 0.490 e. The molecule has 0 atom stereocenters. The summed E-state index contributed by atoms with van der Waals surface area (Å²) in [4.78, 5) is 12.2. The molecule has 1 aromatic carbocycles. The first-order chi connectivity index (χ1) is 11.2. The van der Waals surface area contributed by atoms with Gasteiger partial charge in [-0.3, -0.25) is 4.79 Å². The molecule has 0 N–H and O–H groups in total. The van der Waals surface area contributed by atoms with Gasteiger partial charge in [-0.1, -0.05) is 24.3 Å². The van der Waals surface area contributed by atoms with Gasteiger partial charge in [0.2, 0.25) is 5.78 Å². The molecule has 0 saturated heterocycles. The maximum atomic E-state index is 12.2. The van der Waals surface area contributed by atoms with E-state index in [1.54, 1.807) is 13.1 Å². The van der Waals surface area contributed by atoms with Gasteiger partial charge in [0.25, 0.3) is 0 Å². The number of hydrogen-bond acceptors (Lipinski definition) is 5. The van der Waals surface area contributed by atoms with Crippen molar-refractivity contribution in [3.8, 4) is 11.5 Å². The molecule has 0 spiro atoms. The number of aryl methyl sites for hydroxylation is 1. The second-order valence-corrected chi connectivity index (χ2v) is 4.90. The number of allylic oxidation sites excluding steroid dienone is 1. The standard InChI is InChI=1S/C17H21N3O3/c1-4-11-23-17-13(7-6-8-16(17)22-5-2)9-10-15(21)14-12-18-19-20(14)3/h6-10,12H,4-5,11H2,1-3H3. The van der Waals surface area contributed by atoms with Crippen molar-refractivity contribution in [2.45, 2.75) is 20.3 Å². The van der Waals surface area contributed by atoms with Crippen LogP contribution in [-0.4, -0.2) is 34.0 Å². The Balaban J connectivity index is 2.27. The van der Waals surface area contributed by atoms with E-state index in [1.807, 2.05) is 32.0 Å². The van der Waals surface area contributed by atoms with Crippen LogP contribution in [-0.2, 0) is 7.05 Å². The quantitative estimate of drug-likeness (QED) is 0.553. The molecule has 122 valence electrons. The van der Waals surface area contributed by atoms with E-state index in [-0.39, 0.29) is 5.78 Å². The third-order valence-electron chi connectivity index (χ3n) is 3.14. The lowest BCUT2D eigenvalue weighted by molar-refractivity contribution is 0.103. The summed E-state index contributed by atoms with van der Waals surface area (Å²) in [5.41, 5.74) is 1.23. The molecule has 6 heteroatoms. The van der Waals surface area contributed by atoms with Gasteiger partial charge < -0.3 is 9.47 Å². The molecule has 0 amide bonds. The Morgan fingerprint density at radius 2 is 2.13 bits per heavy atom. The van der Waals surface area contributed by atoms with Crippen molar-refractivity contribution in [1.29, 1.82) is 0 Å². The van der Waals surface area contributed by atoms with E-state index in [9.17, 15) is 4.79 Å². The van der Waals surface area contributed by atoms with E-state index in [0.29, 0.717) is 30.4 Å². The molecule has 0 radical (unpaired) electrons. The Morgan fingerprint density at radius 1 is 1.30 bits per heavy atom. The van der Waals surface area contributed by atoms with Crippen LogP contribution in [0.3, 0.4) is 0 Å². The lowest BCUT2D eigenvalue weighted by atomic mass is 10.1. The number of aromatic nitrogens is 3. The fourth-order valence-electron chi connectivity index (χ4n) is 2.06. The second-order valence-electron chi connectivity index (χ2n) is 4.90. The van der Waals surface area contributed by atoms with Crippen LogP contribution < -0.4 is 9.47 Å². The molecule has 2 rings (SSSR count). The smallest absolute Gasteiger partial charge is 0.205 e. The molecule has 1 aromatic heterocycles. The number of nitrogens with zero attached hydrogens (tertiary/aromatic N) is 3. The highest BCUT2D eigenvalue weighted by Crippen LogP contribution is 2.32. The predicted octanol–water partition coefficient (Wildman–Crippen LogP) is 2.90. The second kappa shape index (κ2) is 8.12. The first-order valence-electron chi connectivity index (χ1n) is 7.63. The average Bonchev–Trinajstić information content (AvgIpc) is 2.98. The van der Waals surface area contributed by atoms with Crippen molar-refractivity contribution in [1.82, 2.24) is 15.0 Å². The van der Waals surface area contributed by atoms with Gasteiger partial charge in [-0.25, -0.2) is 4.68 Å². The molecular weight excluding hydrogens is 294 g/mol. The molecule has 0 aliphatic rings. The molecule has 0 bridgehead atoms. The molecule has 0 aliphatic heterocycles. The van der Waals surface area contributed by atoms with Crippen molar-refractivity contribution in [2.24, 2.45) is 7.05 Å². The summed E-state index contributed by atoms with van der Waals surface area (Å²) in [5.74, 6) is 1.17. The molecule has 0 fully saturated rings. The Morgan fingerprint density at radius 3 is 2.78 bits per heavy atom. The zero-order chi connectivity index (χ0) is 16.7. The van der Waals surface area contributed by atoms with Gasteiger partial charge in [0.05, 0.1) is 19.4 Å². The fraction of sp³-hybridized carbons (Fsp3) is 0.353. The van der Waals surface area contributed by atoms with Crippen LogP contribution in [0.1, 0.15) is 36.3 Å². The van der Waals surface area contributed by atoms with Crippen LogP contribution >= 0.6 is 0 Å². The highest BCUT2D eigenvalue weighted by molar-refractivity contribution is 6.05. The van der Waals surface area contributed by atoms with Crippen LogP contribution in [0.5, 0.6) is 11.5 Å². The zero-order valence-corrected chi connectivity index (χ0v) is 13.7. The summed E-state index contributed by atoms with van der Waals surface area (Å²) in [6.07, 6.45) is 5.55. The minimum atomic E-state index is -0.166. The minimum absolute atomic E-state index is 0.166. The molecule has 1 heterocycles. The Hall–Kier alpha value is -2.63. The number of carbonyl (C=O) groups excluding carboxylic acids is 1. The predicted molar refractivity (Wildman–Crippen MR) is 87.8 cm³/mol. The number of carbonyl (C=O) groups is 1. The van der Waals surface area contributed by atoms with Crippen LogP contribution in [0.4, 0.5) is 0 Å². The van der Waals surface area contributed by atoms with Crippen molar-refractivity contribution >= 4 is 11.9 Å². The van der Waals surface area contributed by atoms with E-state index in [4.69, 9.17) is 9.47 Å². The normalized spacial score (nSPS) is 10.9. The van der Waals surface area contributed by atoms with Gasteiger partial charge in [-0.05, 0) is 31.6 Å². The lowest BCUT2D eigenvalue weighted by Gasteiger charge is -2.13. The van der Waals surface area contributed by atoms with Gasteiger partial charge in [-0.15, -0.1) is 5.10 Å². The molecule has 23 heavy (non-hydrogen) atoms. The van der Waals surface area contributed by atoms with Gasteiger partial charge in [0.1, 0.15) is 5.69 Å². The summed E-state index contributed by atoms with van der Waals surface area (Å²) < 4.78 is 12.8. The number of hydrogen-bond donors (Lipinski definition) is 0. The minimum Gasteiger partial charge on any atom is -0.490 e. The summed E-state index contributed by atoms with van der Waals surface area (Å²) in [5, 5.41) is 7.46. The number of ether oxygens (including phenoxy) is 2.